The van der Waals surface area contributed by atoms with Crippen LogP contribution in [0.3, 0.4) is 0 Å². The minimum Gasteiger partial charge on any atom is -0.338 e. The molecule has 1 saturated heterocycles. The van der Waals surface area contributed by atoms with E-state index in [9.17, 15) is 4.79 Å². The van der Waals surface area contributed by atoms with Crippen LogP contribution in [0.2, 0.25) is 5.02 Å². The highest BCUT2D eigenvalue weighted by atomic mass is 35.5. The van der Waals surface area contributed by atoms with E-state index in [0.29, 0.717) is 5.91 Å². The Labute approximate surface area is 160 Å². The lowest BCUT2D eigenvalue weighted by molar-refractivity contribution is -0.138. The SMILES string of the molecule is O=C(C1CCN(Cc2ccc(Cl)cc2)CC1)N1CCc2ccccc2C1. The fourth-order valence-electron chi connectivity index (χ4n) is 4.13. The standard InChI is InChI=1S/C22H25ClN2O/c23-21-7-5-17(6-8-21)15-24-12-9-19(10-13-24)22(26)25-14-11-18-3-1-2-4-20(18)16-25/h1-8,19H,9-16H2. The topological polar surface area (TPSA) is 23.6 Å². The fourth-order valence-corrected chi connectivity index (χ4v) is 4.25. The smallest absolute Gasteiger partial charge is 0.226 e. The van der Waals surface area contributed by atoms with E-state index < -0.39 is 0 Å². The molecule has 2 aliphatic heterocycles. The number of benzene rings is 2. The van der Waals surface area contributed by atoms with Crippen molar-refractivity contribution in [1.82, 2.24) is 9.80 Å². The van der Waals surface area contributed by atoms with Gasteiger partial charge in [-0.3, -0.25) is 9.69 Å². The second kappa shape index (κ2) is 7.81. The molecule has 0 saturated carbocycles. The Hall–Kier alpha value is -1.84. The Kier molecular flexibility index (Phi) is 5.28. The average molecular weight is 369 g/mol. The molecular weight excluding hydrogens is 344 g/mol. The van der Waals surface area contributed by atoms with Gasteiger partial charge in [-0.1, -0.05) is 48.0 Å². The number of amides is 1. The molecule has 0 aliphatic carbocycles. The summed E-state index contributed by atoms with van der Waals surface area (Å²) in [7, 11) is 0. The quantitative estimate of drug-likeness (QED) is 0.813. The molecule has 26 heavy (non-hydrogen) atoms. The zero-order chi connectivity index (χ0) is 17.9. The van der Waals surface area contributed by atoms with Crippen LogP contribution in [0.15, 0.2) is 48.5 Å². The third kappa shape index (κ3) is 3.94. The normalized spacial score (nSPS) is 18.6. The van der Waals surface area contributed by atoms with Gasteiger partial charge in [0.2, 0.25) is 5.91 Å². The number of hydrogen-bond acceptors (Lipinski definition) is 2. The number of piperidine rings is 1. The first-order valence-corrected chi connectivity index (χ1v) is 9.89. The van der Waals surface area contributed by atoms with Crippen molar-refractivity contribution in [3.63, 3.8) is 0 Å². The molecule has 0 spiro atoms. The second-order valence-electron chi connectivity index (χ2n) is 7.46. The van der Waals surface area contributed by atoms with E-state index in [0.717, 1.165) is 57.0 Å². The summed E-state index contributed by atoms with van der Waals surface area (Å²) < 4.78 is 0. The highest BCUT2D eigenvalue weighted by molar-refractivity contribution is 6.30. The van der Waals surface area contributed by atoms with Crippen LogP contribution in [0.5, 0.6) is 0 Å². The van der Waals surface area contributed by atoms with Gasteiger partial charge in [0, 0.05) is 30.6 Å². The Morgan fingerprint density at radius 2 is 1.65 bits per heavy atom. The van der Waals surface area contributed by atoms with Crippen LogP contribution < -0.4 is 0 Å². The molecule has 0 unspecified atom stereocenters. The first-order chi connectivity index (χ1) is 12.7. The maximum atomic E-state index is 13.0. The predicted octanol–water partition coefficient (Wildman–Crippen LogP) is 4.14. The van der Waals surface area contributed by atoms with Crippen LogP contribution in [0.25, 0.3) is 0 Å². The molecule has 0 aromatic heterocycles. The van der Waals surface area contributed by atoms with Gasteiger partial charge >= 0.3 is 0 Å². The van der Waals surface area contributed by atoms with E-state index >= 15 is 0 Å². The molecule has 3 nitrogen and oxygen atoms in total. The van der Waals surface area contributed by atoms with Crippen LogP contribution in [-0.2, 0) is 24.3 Å². The number of likely N-dealkylation sites (tertiary alicyclic amines) is 1. The zero-order valence-corrected chi connectivity index (χ0v) is 15.8. The predicted molar refractivity (Wildman–Crippen MR) is 105 cm³/mol. The summed E-state index contributed by atoms with van der Waals surface area (Å²) in [5.41, 5.74) is 3.99. The molecule has 0 atom stereocenters. The van der Waals surface area contributed by atoms with Gasteiger partial charge in [0.25, 0.3) is 0 Å². The Balaban J connectivity index is 1.30. The maximum absolute atomic E-state index is 13.0. The summed E-state index contributed by atoms with van der Waals surface area (Å²) in [6.07, 6.45) is 2.91. The Morgan fingerprint density at radius 3 is 2.38 bits per heavy atom. The Morgan fingerprint density at radius 1 is 0.962 bits per heavy atom. The van der Waals surface area contributed by atoms with Crippen LogP contribution >= 0.6 is 11.6 Å². The number of carbonyl (C=O) groups excluding carboxylic acids is 1. The summed E-state index contributed by atoms with van der Waals surface area (Å²) in [5, 5.41) is 0.779. The zero-order valence-electron chi connectivity index (χ0n) is 15.0. The van der Waals surface area contributed by atoms with Crippen molar-refractivity contribution in [3.8, 4) is 0 Å². The van der Waals surface area contributed by atoms with Crippen molar-refractivity contribution in [3.05, 3.63) is 70.2 Å². The molecule has 0 N–H and O–H groups in total. The number of rotatable bonds is 3. The Bertz CT molecular complexity index is 766. The number of nitrogens with zero attached hydrogens (tertiary/aromatic N) is 2. The van der Waals surface area contributed by atoms with Gasteiger partial charge in [0.1, 0.15) is 0 Å². The minimum atomic E-state index is 0.182. The number of fused-ring (bicyclic) bond motifs is 1. The minimum absolute atomic E-state index is 0.182. The van der Waals surface area contributed by atoms with Gasteiger partial charge in [-0.2, -0.15) is 0 Å². The summed E-state index contributed by atoms with van der Waals surface area (Å²) in [5.74, 6) is 0.535. The van der Waals surface area contributed by atoms with E-state index in [-0.39, 0.29) is 5.92 Å². The molecule has 4 heteroatoms. The molecule has 2 aliphatic rings. The third-order valence-corrected chi connectivity index (χ3v) is 5.95. The molecule has 0 bridgehead atoms. The molecular formula is C22H25ClN2O. The van der Waals surface area contributed by atoms with E-state index in [4.69, 9.17) is 11.6 Å². The highest BCUT2D eigenvalue weighted by Crippen LogP contribution is 2.25. The summed E-state index contributed by atoms with van der Waals surface area (Å²) in [6.45, 7) is 4.56. The number of carbonyl (C=O) groups is 1. The maximum Gasteiger partial charge on any atom is 0.226 e. The van der Waals surface area contributed by atoms with Crippen molar-refractivity contribution in [2.75, 3.05) is 19.6 Å². The van der Waals surface area contributed by atoms with Gasteiger partial charge in [-0.05, 0) is 61.2 Å². The van der Waals surface area contributed by atoms with Crippen LogP contribution in [0.1, 0.15) is 29.5 Å². The summed E-state index contributed by atoms with van der Waals surface area (Å²) in [6, 6.07) is 16.6. The van der Waals surface area contributed by atoms with Crippen molar-refractivity contribution < 1.29 is 4.79 Å². The van der Waals surface area contributed by atoms with Gasteiger partial charge in [0.15, 0.2) is 0 Å². The fraction of sp³-hybridized carbons (Fsp3) is 0.409. The molecule has 1 fully saturated rings. The highest BCUT2D eigenvalue weighted by Gasteiger charge is 2.30. The van der Waals surface area contributed by atoms with Crippen molar-refractivity contribution in [2.45, 2.75) is 32.4 Å². The lowest BCUT2D eigenvalue weighted by Crippen LogP contribution is -2.44. The summed E-state index contributed by atoms with van der Waals surface area (Å²) >= 11 is 5.96. The molecule has 2 heterocycles. The molecule has 0 radical (unpaired) electrons. The number of halogens is 1. The summed E-state index contributed by atoms with van der Waals surface area (Å²) in [4.78, 5) is 17.5. The molecule has 2 aromatic carbocycles. The average Bonchev–Trinajstić information content (AvgIpc) is 2.69. The van der Waals surface area contributed by atoms with Crippen molar-refractivity contribution in [2.24, 2.45) is 5.92 Å². The van der Waals surface area contributed by atoms with E-state index in [1.165, 1.54) is 16.7 Å². The second-order valence-corrected chi connectivity index (χ2v) is 7.89. The van der Waals surface area contributed by atoms with Crippen LogP contribution in [0, 0.1) is 5.92 Å². The molecule has 4 rings (SSSR count). The largest absolute Gasteiger partial charge is 0.338 e. The van der Waals surface area contributed by atoms with Gasteiger partial charge < -0.3 is 4.90 Å². The van der Waals surface area contributed by atoms with E-state index in [2.05, 4.69) is 46.2 Å². The first kappa shape index (κ1) is 17.6. The molecule has 136 valence electrons. The monoisotopic (exact) mass is 368 g/mol. The first-order valence-electron chi connectivity index (χ1n) is 9.51. The van der Waals surface area contributed by atoms with Crippen molar-refractivity contribution in [1.29, 1.82) is 0 Å². The lowest BCUT2D eigenvalue weighted by atomic mass is 9.93. The lowest BCUT2D eigenvalue weighted by Gasteiger charge is -2.36. The molecule has 2 aromatic rings. The van der Waals surface area contributed by atoms with Crippen LogP contribution in [-0.4, -0.2) is 35.3 Å². The van der Waals surface area contributed by atoms with E-state index in [1.54, 1.807) is 0 Å². The van der Waals surface area contributed by atoms with Crippen LogP contribution in [0.4, 0.5) is 0 Å². The van der Waals surface area contributed by atoms with Gasteiger partial charge in [-0.25, -0.2) is 0 Å². The third-order valence-electron chi connectivity index (χ3n) is 5.70. The number of hydrogen-bond donors (Lipinski definition) is 0. The van der Waals surface area contributed by atoms with E-state index in [1.807, 2.05) is 12.1 Å². The van der Waals surface area contributed by atoms with Crippen molar-refractivity contribution >= 4 is 17.5 Å². The van der Waals surface area contributed by atoms with Gasteiger partial charge in [0.05, 0.1) is 0 Å². The van der Waals surface area contributed by atoms with Gasteiger partial charge in [-0.15, -0.1) is 0 Å². The molecule has 1 amide bonds.